The number of nitrogens with zero attached hydrogens (tertiary/aromatic N) is 4. The number of benzene rings is 10. The van der Waals surface area contributed by atoms with Gasteiger partial charge in [-0.15, -0.1) is 11.3 Å². The molecule has 6 heterocycles. The average Bonchev–Trinajstić information content (AvgIpc) is 3.77. The third-order valence-corrected chi connectivity index (χ3v) is 16.1. The van der Waals surface area contributed by atoms with E-state index in [9.17, 15) is 0 Å². The van der Waals surface area contributed by atoms with Gasteiger partial charge in [0.15, 0.2) is 11.5 Å². The second kappa shape index (κ2) is 13.6. The number of hydrogen-bond donors (Lipinski definition) is 0. The minimum atomic E-state index is -0.126. The Morgan fingerprint density at radius 3 is 1.47 bits per heavy atom. The van der Waals surface area contributed by atoms with Crippen LogP contribution in [0.5, 0.6) is 11.5 Å². The van der Waals surface area contributed by atoms with E-state index in [2.05, 4.69) is 238 Å². The molecule has 0 unspecified atom stereocenters. The van der Waals surface area contributed by atoms with E-state index in [0.717, 1.165) is 45.6 Å². The molecular formula is C60H36B2N4OS. The molecule has 314 valence electrons. The zero-order chi connectivity index (χ0) is 44.2. The van der Waals surface area contributed by atoms with Gasteiger partial charge < -0.3 is 24.3 Å². The maximum absolute atomic E-state index is 7.08. The molecule has 0 spiro atoms. The highest BCUT2D eigenvalue weighted by atomic mass is 32.1. The number of fused-ring (bicyclic) bond motifs is 15. The molecule has 0 bridgehead atoms. The maximum Gasteiger partial charge on any atom is 0.252 e. The number of rotatable bonds is 3. The molecule has 1 aromatic heterocycles. The van der Waals surface area contributed by atoms with Crippen LogP contribution in [0.2, 0.25) is 0 Å². The summed E-state index contributed by atoms with van der Waals surface area (Å²) in [5.41, 5.74) is 21.6. The van der Waals surface area contributed by atoms with Crippen LogP contribution < -0.4 is 57.1 Å². The van der Waals surface area contributed by atoms with E-state index < -0.39 is 0 Å². The Kier molecular flexibility index (Phi) is 7.33. The summed E-state index contributed by atoms with van der Waals surface area (Å²) >= 11 is 1.89. The molecule has 0 N–H and O–H groups in total. The largest absolute Gasteiger partial charge is 0.453 e. The second-order valence-corrected chi connectivity index (χ2v) is 19.5. The van der Waals surface area contributed by atoms with Crippen LogP contribution in [0.4, 0.5) is 68.2 Å². The van der Waals surface area contributed by atoms with Gasteiger partial charge >= 0.3 is 0 Å². The van der Waals surface area contributed by atoms with Gasteiger partial charge in [0.1, 0.15) is 0 Å². The normalized spacial score (nSPS) is 14.1. The number of thiophene rings is 1. The Morgan fingerprint density at radius 2 is 0.794 bits per heavy atom. The van der Waals surface area contributed by atoms with Gasteiger partial charge in [0.25, 0.3) is 13.4 Å². The maximum atomic E-state index is 7.08. The molecule has 0 saturated carbocycles. The van der Waals surface area contributed by atoms with Crippen molar-refractivity contribution in [2.24, 2.45) is 0 Å². The molecule has 0 amide bonds. The Bertz CT molecular complexity index is 3950. The van der Waals surface area contributed by atoms with Crippen molar-refractivity contribution in [1.82, 2.24) is 0 Å². The first-order chi connectivity index (χ1) is 33.8. The van der Waals surface area contributed by atoms with Gasteiger partial charge in [0, 0.05) is 71.7 Å². The molecule has 0 radical (unpaired) electrons. The Labute approximate surface area is 398 Å². The lowest BCUT2D eigenvalue weighted by atomic mass is 9.28. The van der Waals surface area contributed by atoms with Crippen LogP contribution >= 0.6 is 11.3 Å². The minimum Gasteiger partial charge on any atom is -0.453 e. The summed E-state index contributed by atoms with van der Waals surface area (Å²) in [6.07, 6.45) is 0. The molecule has 0 saturated heterocycles. The summed E-state index contributed by atoms with van der Waals surface area (Å²) in [6, 6.07) is 80.6. The van der Waals surface area contributed by atoms with E-state index in [1.807, 2.05) is 11.3 Å². The summed E-state index contributed by atoms with van der Waals surface area (Å²) in [4.78, 5) is 10.1. The van der Waals surface area contributed by atoms with Crippen LogP contribution in [0, 0.1) is 0 Å². The van der Waals surface area contributed by atoms with Gasteiger partial charge in [0.05, 0.1) is 11.4 Å². The van der Waals surface area contributed by atoms with Crippen molar-refractivity contribution in [3.63, 3.8) is 0 Å². The van der Waals surface area contributed by atoms with Crippen LogP contribution in [-0.4, -0.2) is 13.4 Å². The van der Waals surface area contributed by atoms with Crippen molar-refractivity contribution in [2.75, 3.05) is 19.6 Å². The van der Waals surface area contributed by atoms with E-state index in [4.69, 9.17) is 4.74 Å². The van der Waals surface area contributed by atoms with Crippen molar-refractivity contribution >= 4 is 146 Å². The third-order valence-electron chi connectivity index (χ3n) is 14.9. The van der Waals surface area contributed by atoms with Gasteiger partial charge in [-0.2, -0.15) is 0 Å². The molecule has 16 rings (SSSR count). The predicted octanol–water partition coefficient (Wildman–Crippen LogP) is 12.3. The Balaban J connectivity index is 1.08. The van der Waals surface area contributed by atoms with E-state index in [1.54, 1.807) is 0 Å². The van der Waals surface area contributed by atoms with Gasteiger partial charge in [-0.3, -0.25) is 0 Å². The molecule has 0 aliphatic carbocycles. The van der Waals surface area contributed by atoms with E-state index in [-0.39, 0.29) is 13.4 Å². The monoisotopic (exact) mass is 882 g/mol. The van der Waals surface area contributed by atoms with E-state index in [0.29, 0.717) is 0 Å². The highest BCUT2D eigenvalue weighted by Crippen LogP contribution is 2.55. The SMILES string of the molecule is c1ccc(N2c3ccccc3Oc3cc4c(cc32)N(c2ccccc2)c2cc3c5c6c2B4c2cc4c(cc2N6c2ccccc2B5c2ccccc2N3c2ccccc2)sc2ccccc24)cc1. The van der Waals surface area contributed by atoms with Crippen molar-refractivity contribution in [3.05, 3.63) is 218 Å². The fraction of sp³-hybridized carbons (Fsp3) is 0. The predicted molar refractivity (Wildman–Crippen MR) is 287 cm³/mol. The first kappa shape index (κ1) is 36.7. The molecular weight excluding hydrogens is 846 g/mol. The number of ether oxygens (including phenoxy) is 1. The smallest absolute Gasteiger partial charge is 0.252 e. The number of para-hydroxylation sites is 7. The van der Waals surface area contributed by atoms with E-state index >= 15 is 0 Å². The third kappa shape index (κ3) is 4.81. The van der Waals surface area contributed by atoms with Crippen molar-refractivity contribution in [3.8, 4) is 11.5 Å². The molecule has 11 aromatic rings. The summed E-state index contributed by atoms with van der Waals surface area (Å²) < 4.78 is 9.68. The van der Waals surface area contributed by atoms with E-state index in [1.165, 1.54) is 87.1 Å². The van der Waals surface area contributed by atoms with Crippen LogP contribution in [0.25, 0.3) is 20.2 Å². The summed E-state index contributed by atoms with van der Waals surface area (Å²) in [7, 11) is 0. The molecule has 8 heteroatoms. The lowest BCUT2D eigenvalue weighted by Gasteiger charge is -2.51. The Hall–Kier alpha value is -8.45. The zero-order valence-electron chi connectivity index (χ0n) is 36.5. The minimum absolute atomic E-state index is 0.0125. The lowest BCUT2D eigenvalue weighted by Crippen LogP contribution is -2.68. The molecule has 0 atom stereocenters. The standard InChI is InChI=1S/C60H36B2N4OS/c1-4-18-37(19-5-1)63-46-27-13-11-25-42(46)61-43-26-12-14-28-47(43)66-50-36-57-41(40-24-10-17-31-56(40)68-57)32-44(50)62-45-33-55-51(64(38-20-6-2-7-21-38)48-29-15-16-30-54(48)67-55)34-49(45)65(39-22-8-3-9-23-39)53-35-52(63)58(61)60(66)59(53)62/h1-36H. The van der Waals surface area contributed by atoms with Crippen LogP contribution in [0.1, 0.15) is 0 Å². The fourth-order valence-electron chi connectivity index (χ4n) is 12.3. The van der Waals surface area contributed by atoms with Crippen molar-refractivity contribution in [2.45, 2.75) is 0 Å². The van der Waals surface area contributed by atoms with Crippen LogP contribution in [0.15, 0.2) is 218 Å². The van der Waals surface area contributed by atoms with Crippen molar-refractivity contribution in [1.29, 1.82) is 0 Å². The Morgan fingerprint density at radius 1 is 0.309 bits per heavy atom. The van der Waals surface area contributed by atoms with Gasteiger partial charge in [0.2, 0.25) is 0 Å². The topological polar surface area (TPSA) is 22.2 Å². The first-order valence-corrected chi connectivity index (χ1v) is 24.2. The second-order valence-electron chi connectivity index (χ2n) is 18.4. The molecule has 0 fully saturated rings. The lowest BCUT2D eigenvalue weighted by molar-refractivity contribution is 0.477. The van der Waals surface area contributed by atoms with Gasteiger partial charge in [-0.05, 0) is 129 Å². The molecule has 5 nitrogen and oxygen atoms in total. The molecule has 10 aromatic carbocycles. The van der Waals surface area contributed by atoms with Crippen LogP contribution in [0.3, 0.4) is 0 Å². The number of hydrogen-bond acceptors (Lipinski definition) is 6. The zero-order valence-corrected chi connectivity index (χ0v) is 37.4. The molecule has 5 aliphatic heterocycles. The van der Waals surface area contributed by atoms with Crippen LogP contribution in [-0.2, 0) is 0 Å². The van der Waals surface area contributed by atoms with Gasteiger partial charge in [-0.1, -0.05) is 127 Å². The van der Waals surface area contributed by atoms with Gasteiger partial charge in [-0.25, -0.2) is 0 Å². The first-order valence-electron chi connectivity index (χ1n) is 23.4. The summed E-state index contributed by atoms with van der Waals surface area (Å²) in [5, 5.41) is 2.59. The summed E-state index contributed by atoms with van der Waals surface area (Å²) in [6.45, 7) is -0.113. The molecule has 68 heavy (non-hydrogen) atoms. The molecule has 5 aliphatic rings. The average molecular weight is 883 g/mol. The number of anilines is 12. The highest BCUT2D eigenvalue weighted by Gasteiger charge is 2.52. The quantitative estimate of drug-likeness (QED) is 0.164. The highest BCUT2D eigenvalue weighted by molar-refractivity contribution is 7.26. The fourth-order valence-corrected chi connectivity index (χ4v) is 13.4. The summed E-state index contributed by atoms with van der Waals surface area (Å²) in [5.74, 6) is 1.68. The van der Waals surface area contributed by atoms with Crippen molar-refractivity contribution < 1.29 is 4.74 Å².